The van der Waals surface area contributed by atoms with Crippen molar-refractivity contribution in [3.8, 4) is 11.1 Å². The Bertz CT molecular complexity index is 1230. The zero-order chi connectivity index (χ0) is 21.3. The fourth-order valence-corrected chi connectivity index (χ4v) is 7.00. The SMILES string of the molecule is Cn1cc(-c2cc3c(N4C[C@H]5CC[C@H](C4)N5C4CC(S(C)(=O)=O)C4)ccnn3c2)cn1. The summed E-state index contributed by atoms with van der Waals surface area (Å²) in [5.74, 6) is 0. The van der Waals surface area contributed by atoms with Gasteiger partial charge >= 0.3 is 0 Å². The molecule has 5 heterocycles. The number of aryl methyl sites for hydroxylation is 1. The van der Waals surface area contributed by atoms with Crippen LogP contribution in [0.1, 0.15) is 25.7 Å². The van der Waals surface area contributed by atoms with Crippen molar-refractivity contribution in [3.05, 3.63) is 36.9 Å². The van der Waals surface area contributed by atoms with Crippen LogP contribution < -0.4 is 4.90 Å². The van der Waals surface area contributed by atoms with Crippen LogP contribution in [0, 0.1) is 0 Å². The van der Waals surface area contributed by atoms with E-state index in [9.17, 15) is 8.42 Å². The van der Waals surface area contributed by atoms with Crippen LogP contribution in [0.25, 0.3) is 16.6 Å². The molecule has 2 aliphatic heterocycles. The minimum atomic E-state index is -2.90. The molecular formula is C22H28N6O2S. The summed E-state index contributed by atoms with van der Waals surface area (Å²) in [5, 5.41) is 8.69. The molecule has 2 atom stereocenters. The molecule has 3 aromatic rings. The molecule has 0 unspecified atom stereocenters. The van der Waals surface area contributed by atoms with E-state index in [0.717, 1.165) is 42.6 Å². The third-order valence-corrected chi connectivity index (χ3v) is 9.10. The summed E-state index contributed by atoms with van der Waals surface area (Å²) < 4.78 is 27.5. The van der Waals surface area contributed by atoms with Crippen LogP contribution in [0.4, 0.5) is 5.69 Å². The lowest BCUT2D eigenvalue weighted by atomic mass is 9.88. The van der Waals surface area contributed by atoms with E-state index in [-0.39, 0.29) is 5.25 Å². The molecule has 0 radical (unpaired) electrons. The molecule has 0 spiro atoms. The average Bonchev–Trinajstić information content (AvgIpc) is 3.35. The van der Waals surface area contributed by atoms with Gasteiger partial charge in [-0.1, -0.05) is 0 Å². The average molecular weight is 441 g/mol. The predicted octanol–water partition coefficient (Wildman–Crippen LogP) is 1.96. The highest BCUT2D eigenvalue weighted by atomic mass is 32.2. The number of piperazine rings is 1. The molecule has 2 saturated heterocycles. The Hall–Kier alpha value is -2.39. The molecule has 164 valence electrons. The number of hydrogen-bond acceptors (Lipinski definition) is 6. The van der Waals surface area contributed by atoms with E-state index >= 15 is 0 Å². The summed E-state index contributed by atoms with van der Waals surface area (Å²) in [5.41, 5.74) is 4.56. The summed E-state index contributed by atoms with van der Waals surface area (Å²) >= 11 is 0. The van der Waals surface area contributed by atoms with Crippen LogP contribution in [0.5, 0.6) is 0 Å². The summed E-state index contributed by atoms with van der Waals surface area (Å²) in [6.07, 6.45) is 13.2. The van der Waals surface area contributed by atoms with Gasteiger partial charge < -0.3 is 4.90 Å². The molecule has 8 nitrogen and oxygen atoms in total. The number of sulfone groups is 1. The molecule has 3 fully saturated rings. The summed E-state index contributed by atoms with van der Waals surface area (Å²) in [7, 11) is -0.973. The first-order valence-corrected chi connectivity index (χ1v) is 13.0. The number of fused-ring (bicyclic) bond motifs is 3. The van der Waals surface area contributed by atoms with Crippen molar-refractivity contribution in [1.29, 1.82) is 0 Å². The monoisotopic (exact) mass is 440 g/mol. The van der Waals surface area contributed by atoms with Crippen LogP contribution in [-0.4, -0.2) is 75.4 Å². The van der Waals surface area contributed by atoms with Gasteiger partial charge in [-0.2, -0.15) is 10.2 Å². The first-order valence-electron chi connectivity index (χ1n) is 11.0. The van der Waals surface area contributed by atoms with Crippen molar-refractivity contribution in [2.45, 2.75) is 49.1 Å². The van der Waals surface area contributed by atoms with Gasteiger partial charge in [0.2, 0.25) is 0 Å². The van der Waals surface area contributed by atoms with Gasteiger partial charge in [0.1, 0.15) is 9.84 Å². The number of aromatic nitrogens is 4. The van der Waals surface area contributed by atoms with E-state index in [4.69, 9.17) is 0 Å². The molecule has 0 aromatic carbocycles. The van der Waals surface area contributed by atoms with Gasteiger partial charge in [0.25, 0.3) is 0 Å². The number of anilines is 1. The number of nitrogens with zero attached hydrogens (tertiary/aromatic N) is 6. The second-order valence-electron chi connectivity index (χ2n) is 9.49. The van der Waals surface area contributed by atoms with Crippen LogP contribution in [0.2, 0.25) is 0 Å². The first kappa shape index (κ1) is 19.3. The molecule has 0 N–H and O–H groups in total. The molecule has 9 heteroatoms. The van der Waals surface area contributed by atoms with Crippen LogP contribution in [0.15, 0.2) is 36.9 Å². The van der Waals surface area contributed by atoms with Crippen molar-refractivity contribution in [3.63, 3.8) is 0 Å². The fourth-order valence-electron chi connectivity index (χ4n) is 5.85. The van der Waals surface area contributed by atoms with E-state index in [1.807, 2.05) is 34.8 Å². The predicted molar refractivity (Wildman–Crippen MR) is 120 cm³/mol. The molecule has 3 aliphatic rings. The van der Waals surface area contributed by atoms with Crippen molar-refractivity contribution < 1.29 is 8.42 Å². The third-order valence-electron chi connectivity index (χ3n) is 7.50. The highest BCUT2D eigenvalue weighted by molar-refractivity contribution is 7.91. The maximum Gasteiger partial charge on any atom is 0.150 e. The van der Waals surface area contributed by atoms with Crippen molar-refractivity contribution in [2.75, 3.05) is 24.2 Å². The van der Waals surface area contributed by atoms with Gasteiger partial charge in [-0.25, -0.2) is 12.9 Å². The van der Waals surface area contributed by atoms with Gasteiger partial charge in [-0.3, -0.25) is 9.58 Å². The topological polar surface area (TPSA) is 75.7 Å². The Morgan fingerprint density at radius 1 is 1.00 bits per heavy atom. The second kappa shape index (κ2) is 6.80. The van der Waals surface area contributed by atoms with E-state index in [1.54, 1.807) is 0 Å². The van der Waals surface area contributed by atoms with E-state index in [1.165, 1.54) is 24.8 Å². The molecule has 31 heavy (non-hydrogen) atoms. The molecular weight excluding hydrogens is 412 g/mol. The Morgan fingerprint density at radius 2 is 1.74 bits per heavy atom. The quantitative estimate of drug-likeness (QED) is 0.617. The van der Waals surface area contributed by atoms with Crippen LogP contribution in [-0.2, 0) is 16.9 Å². The Balaban J connectivity index is 1.25. The lowest BCUT2D eigenvalue weighted by Crippen LogP contribution is -2.61. The molecule has 1 aliphatic carbocycles. The minimum Gasteiger partial charge on any atom is -0.367 e. The van der Waals surface area contributed by atoms with Crippen LogP contribution >= 0.6 is 0 Å². The maximum atomic E-state index is 11.8. The van der Waals surface area contributed by atoms with E-state index in [0.29, 0.717) is 18.1 Å². The Kier molecular flexibility index (Phi) is 4.24. The fraction of sp³-hybridized carbons (Fsp3) is 0.545. The molecule has 2 bridgehead atoms. The molecule has 6 rings (SSSR count). The normalized spacial score (nSPS) is 28.9. The van der Waals surface area contributed by atoms with Crippen molar-refractivity contribution in [1.82, 2.24) is 24.3 Å². The number of rotatable bonds is 4. The lowest BCUT2D eigenvalue weighted by molar-refractivity contribution is 0.0647. The van der Waals surface area contributed by atoms with Gasteiger partial charge in [-0.05, 0) is 37.8 Å². The van der Waals surface area contributed by atoms with Crippen LogP contribution in [0.3, 0.4) is 0 Å². The lowest BCUT2D eigenvalue weighted by Gasteiger charge is -2.50. The van der Waals surface area contributed by atoms with Gasteiger partial charge in [-0.15, -0.1) is 0 Å². The Morgan fingerprint density at radius 3 is 2.39 bits per heavy atom. The Labute approximate surface area is 182 Å². The zero-order valence-electron chi connectivity index (χ0n) is 17.9. The minimum absolute atomic E-state index is 0.138. The highest BCUT2D eigenvalue weighted by Crippen LogP contribution is 2.42. The highest BCUT2D eigenvalue weighted by Gasteiger charge is 2.49. The second-order valence-corrected chi connectivity index (χ2v) is 11.8. The largest absolute Gasteiger partial charge is 0.367 e. The van der Waals surface area contributed by atoms with Gasteiger partial charge in [0.05, 0.1) is 22.7 Å². The molecule has 0 amide bonds. The van der Waals surface area contributed by atoms with Crippen molar-refractivity contribution >= 4 is 21.0 Å². The zero-order valence-corrected chi connectivity index (χ0v) is 18.7. The molecule has 1 saturated carbocycles. The maximum absolute atomic E-state index is 11.8. The summed E-state index contributed by atoms with van der Waals surface area (Å²) in [6, 6.07) is 5.77. The summed E-state index contributed by atoms with van der Waals surface area (Å²) in [4.78, 5) is 5.16. The van der Waals surface area contributed by atoms with Crippen molar-refractivity contribution in [2.24, 2.45) is 7.05 Å². The number of hydrogen-bond donors (Lipinski definition) is 0. The molecule has 3 aromatic heterocycles. The van der Waals surface area contributed by atoms with Gasteiger partial charge in [0.15, 0.2) is 0 Å². The standard InChI is InChI=1S/C22H28N6O2S/c1-25-11-16(10-24-25)15-7-22-21(5-6-23-27(22)12-15)26-13-17-3-4-18(14-26)28(17)19-8-20(9-19)31(2,29)30/h5-7,10-12,17-20H,3-4,8-9,13-14H2,1-2H3/t17-,18-,19?,20?/m1/s1. The first-order chi connectivity index (χ1) is 14.9. The van der Waals surface area contributed by atoms with E-state index < -0.39 is 9.84 Å². The smallest absolute Gasteiger partial charge is 0.150 e. The van der Waals surface area contributed by atoms with Gasteiger partial charge in [0, 0.05) is 74.2 Å². The summed E-state index contributed by atoms with van der Waals surface area (Å²) in [6.45, 7) is 1.98. The van der Waals surface area contributed by atoms with E-state index in [2.05, 4.69) is 38.3 Å². The third kappa shape index (κ3) is 3.17.